The molecule has 2 heterocycles. The molecule has 2 rings (SSSR count). The van der Waals surface area contributed by atoms with Crippen molar-refractivity contribution in [1.82, 2.24) is 19.9 Å². The first-order valence-electron chi connectivity index (χ1n) is 6.65. The second-order valence-corrected chi connectivity index (χ2v) is 4.50. The monoisotopic (exact) mass is 273 g/mol. The minimum atomic E-state index is -0.199. The molecule has 0 aromatic carbocycles. The number of carbonyl (C=O) groups excluding carboxylic acids is 1. The number of aryl methyl sites for hydroxylation is 1. The molecule has 6 heteroatoms. The maximum Gasteiger partial charge on any atom is 0.270 e. The van der Waals surface area contributed by atoms with Crippen molar-refractivity contribution < 1.29 is 4.79 Å². The highest BCUT2D eigenvalue weighted by Crippen LogP contribution is 2.06. The van der Waals surface area contributed by atoms with E-state index in [1.807, 2.05) is 23.9 Å². The Morgan fingerprint density at radius 1 is 1.35 bits per heavy atom. The zero-order valence-electron chi connectivity index (χ0n) is 11.8. The van der Waals surface area contributed by atoms with E-state index in [1.54, 1.807) is 18.5 Å². The van der Waals surface area contributed by atoms with Crippen molar-refractivity contribution in [3.63, 3.8) is 0 Å². The lowest BCUT2D eigenvalue weighted by Crippen LogP contribution is -2.25. The minimum absolute atomic E-state index is 0.199. The lowest BCUT2D eigenvalue weighted by molar-refractivity contribution is 0.0944. The second kappa shape index (κ2) is 6.70. The molecule has 0 fully saturated rings. The molecule has 2 aromatic rings. The summed E-state index contributed by atoms with van der Waals surface area (Å²) in [5, 5.41) is 6.01. The van der Waals surface area contributed by atoms with Crippen molar-refractivity contribution >= 4 is 11.6 Å². The summed E-state index contributed by atoms with van der Waals surface area (Å²) in [5.41, 5.74) is 1.33. The molecule has 2 aromatic heterocycles. The molecule has 0 aliphatic carbocycles. The van der Waals surface area contributed by atoms with Crippen molar-refractivity contribution in [1.29, 1.82) is 0 Å². The van der Waals surface area contributed by atoms with Gasteiger partial charge in [-0.25, -0.2) is 9.97 Å². The Morgan fingerprint density at radius 3 is 2.80 bits per heavy atom. The number of hydrogen-bond acceptors (Lipinski definition) is 4. The van der Waals surface area contributed by atoms with Gasteiger partial charge in [0.25, 0.3) is 5.91 Å². The van der Waals surface area contributed by atoms with Crippen LogP contribution in [0.4, 0.5) is 5.69 Å². The van der Waals surface area contributed by atoms with E-state index in [-0.39, 0.29) is 5.91 Å². The summed E-state index contributed by atoms with van der Waals surface area (Å²) in [6.07, 6.45) is 6.26. The van der Waals surface area contributed by atoms with E-state index in [0.717, 1.165) is 24.5 Å². The van der Waals surface area contributed by atoms with Gasteiger partial charge in [0.1, 0.15) is 11.5 Å². The molecular weight excluding hydrogens is 254 g/mol. The van der Waals surface area contributed by atoms with Gasteiger partial charge >= 0.3 is 0 Å². The van der Waals surface area contributed by atoms with Crippen LogP contribution in [-0.4, -0.2) is 27.0 Å². The zero-order chi connectivity index (χ0) is 14.4. The molecule has 0 spiro atoms. The fourth-order valence-corrected chi connectivity index (χ4v) is 1.72. The summed E-state index contributed by atoms with van der Waals surface area (Å²) in [4.78, 5) is 20.2. The van der Waals surface area contributed by atoms with Crippen LogP contribution in [0.25, 0.3) is 0 Å². The first-order valence-corrected chi connectivity index (χ1v) is 6.65. The van der Waals surface area contributed by atoms with Gasteiger partial charge in [0.05, 0.1) is 18.4 Å². The van der Waals surface area contributed by atoms with Gasteiger partial charge < -0.3 is 15.2 Å². The smallest absolute Gasteiger partial charge is 0.270 e. The minimum Gasteiger partial charge on any atom is -0.384 e. The number of nitrogens with zero attached hydrogens (tertiary/aromatic N) is 3. The highest BCUT2D eigenvalue weighted by molar-refractivity contribution is 5.92. The van der Waals surface area contributed by atoms with Gasteiger partial charge in [0, 0.05) is 26.0 Å². The van der Waals surface area contributed by atoms with Gasteiger partial charge in [-0.15, -0.1) is 0 Å². The van der Waals surface area contributed by atoms with E-state index < -0.39 is 0 Å². The second-order valence-electron chi connectivity index (χ2n) is 4.50. The van der Waals surface area contributed by atoms with Crippen molar-refractivity contribution in [3.05, 3.63) is 42.2 Å². The van der Waals surface area contributed by atoms with Crippen molar-refractivity contribution in [2.75, 3.05) is 11.9 Å². The molecule has 0 bridgehead atoms. The van der Waals surface area contributed by atoms with E-state index in [9.17, 15) is 4.79 Å². The van der Waals surface area contributed by atoms with Crippen molar-refractivity contribution in [2.24, 2.45) is 7.05 Å². The van der Waals surface area contributed by atoms with E-state index in [4.69, 9.17) is 0 Å². The van der Waals surface area contributed by atoms with Gasteiger partial charge in [0.2, 0.25) is 0 Å². The van der Waals surface area contributed by atoms with Crippen LogP contribution in [0, 0.1) is 0 Å². The van der Waals surface area contributed by atoms with Gasteiger partial charge in [-0.3, -0.25) is 4.79 Å². The fourth-order valence-electron chi connectivity index (χ4n) is 1.72. The number of nitrogens with one attached hydrogen (secondary N) is 2. The normalized spacial score (nSPS) is 10.3. The van der Waals surface area contributed by atoms with Crippen LogP contribution in [0.5, 0.6) is 0 Å². The van der Waals surface area contributed by atoms with Crippen LogP contribution >= 0.6 is 0 Å². The summed E-state index contributed by atoms with van der Waals surface area (Å²) in [6, 6.07) is 3.57. The van der Waals surface area contributed by atoms with Crippen LogP contribution in [0.1, 0.15) is 29.7 Å². The average Bonchev–Trinajstić information content (AvgIpc) is 2.88. The molecule has 0 atom stereocenters. The van der Waals surface area contributed by atoms with E-state index in [1.165, 1.54) is 0 Å². The number of rotatable bonds is 6. The Hall–Kier alpha value is -2.37. The number of hydrogen-bond donors (Lipinski definition) is 2. The molecule has 106 valence electrons. The number of aromatic nitrogens is 3. The van der Waals surface area contributed by atoms with E-state index >= 15 is 0 Å². The third-order valence-electron chi connectivity index (χ3n) is 2.90. The highest BCUT2D eigenvalue weighted by Gasteiger charge is 2.08. The van der Waals surface area contributed by atoms with Crippen molar-refractivity contribution in [2.45, 2.75) is 19.9 Å². The van der Waals surface area contributed by atoms with Crippen LogP contribution in [0.3, 0.4) is 0 Å². The van der Waals surface area contributed by atoms with Crippen LogP contribution in [-0.2, 0) is 13.6 Å². The summed E-state index contributed by atoms with van der Waals surface area (Å²) in [7, 11) is 1.89. The molecule has 1 amide bonds. The standard InChI is InChI=1S/C14H19N5O/c1-3-6-15-11-4-5-12(17-9-11)14(20)18-10-13-16-7-8-19(13)2/h4-5,7-9,15H,3,6,10H2,1-2H3,(H,18,20). The quantitative estimate of drug-likeness (QED) is 0.838. The first kappa shape index (κ1) is 14.0. The summed E-state index contributed by atoms with van der Waals surface area (Å²) < 4.78 is 1.87. The Morgan fingerprint density at radius 2 is 2.20 bits per heavy atom. The molecule has 6 nitrogen and oxygen atoms in total. The molecule has 0 unspecified atom stereocenters. The zero-order valence-corrected chi connectivity index (χ0v) is 11.8. The molecule has 0 saturated heterocycles. The number of pyridine rings is 1. The highest BCUT2D eigenvalue weighted by atomic mass is 16.1. The maximum absolute atomic E-state index is 11.9. The number of amides is 1. The lowest BCUT2D eigenvalue weighted by atomic mass is 10.3. The maximum atomic E-state index is 11.9. The molecule has 0 aliphatic heterocycles. The number of imidazole rings is 1. The number of anilines is 1. The van der Waals surface area contributed by atoms with Crippen molar-refractivity contribution in [3.8, 4) is 0 Å². The topological polar surface area (TPSA) is 71.8 Å². The first-order chi connectivity index (χ1) is 9.70. The van der Waals surface area contributed by atoms with Crippen LogP contribution in [0.2, 0.25) is 0 Å². The molecular formula is C14H19N5O. The van der Waals surface area contributed by atoms with Gasteiger partial charge in [0.15, 0.2) is 0 Å². The summed E-state index contributed by atoms with van der Waals surface area (Å²) in [5.74, 6) is 0.606. The average molecular weight is 273 g/mol. The number of carbonyl (C=O) groups is 1. The molecule has 0 saturated carbocycles. The van der Waals surface area contributed by atoms with Crippen LogP contribution < -0.4 is 10.6 Å². The Labute approximate surface area is 118 Å². The van der Waals surface area contributed by atoms with Crippen LogP contribution in [0.15, 0.2) is 30.7 Å². The third kappa shape index (κ3) is 3.57. The van der Waals surface area contributed by atoms with E-state index in [0.29, 0.717) is 12.2 Å². The van der Waals surface area contributed by atoms with Gasteiger partial charge in [-0.1, -0.05) is 6.92 Å². The Balaban J connectivity index is 1.90. The predicted molar refractivity (Wildman–Crippen MR) is 77.4 cm³/mol. The lowest BCUT2D eigenvalue weighted by Gasteiger charge is -2.07. The van der Waals surface area contributed by atoms with E-state index in [2.05, 4.69) is 27.5 Å². The molecule has 0 radical (unpaired) electrons. The summed E-state index contributed by atoms with van der Waals surface area (Å²) >= 11 is 0. The Kier molecular flexibility index (Phi) is 4.70. The third-order valence-corrected chi connectivity index (χ3v) is 2.90. The molecule has 2 N–H and O–H groups in total. The Bertz CT molecular complexity index is 561. The summed E-state index contributed by atoms with van der Waals surface area (Å²) in [6.45, 7) is 3.38. The van der Waals surface area contributed by atoms with Gasteiger partial charge in [-0.2, -0.15) is 0 Å². The molecule has 0 aliphatic rings. The fraction of sp³-hybridized carbons (Fsp3) is 0.357. The van der Waals surface area contributed by atoms with Gasteiger partial charge in [-0.05, 0) is 18.6 Å². The predicted octanol–water partition coefficient (Wildman–Crippen LogP) is 1.57. The largest absolute Gasteiger partial charge is 0.384 e. The molecule has 20 heavy (non-hydrogen) atoms. The SMILES string of the molecule is CCCNc1ccc(C(=O)NCc2nccn2C)nc1.